The lowest BCUT2D eigenvalue weighted by atomic mass is 10.1. The number of benzene rings is 1. The Morgan fingerprint density at radius 2 is 2.12 bits per heavy atom. The maximum atomic E-state index is 12.3. The largest absolute Gasteiger partial charge is 0.454 e. The predicted molar refractivity (Wildman–Crippen MR) is 87.2 cm³/mol. The second kappa shape index (κ2) is 5.34. The number of hydrogen-bond donors (Lipinski definition) is 1. The molecule has 6 heteroatoms. The molecule has 3 heterocycles. The third kappa shape index (κ3) is 2.47. The summed E-state index contributed by atoms with van der Waals surface area (Å²) in [5.41, 5.74) is 3.06. The monoisotopic (exact) mass is 325 g/mol. The Bertz CT molecular complexity index is 857. The molecule has 1 saturated carbocycles. The molecule has 0 bridgehead atoms. The highest BCUT2D eigenvalue weighted by Crippen LogP contribution is 2.38. The summed E-state index contributed by atoms with van der Waals surface area (Å²) in [5.74, 6) is 2.97. The van der Waals surface area contributed by atoms with Crippen LogP contribution >= 0.6 is 0 Å². The van der Waals surface area contributed by atoms with Gasteiger partial charge in [0.05, 0.1) is 5.69 Å². The minimum atomic E-state index is 0.0598. The minimum absolute atomic E-state index is 0.0598. The summed E-state index contributed by atoms with van der Waals surface area (Å²) in [4.78, 5) is 22.3. The molecule has 0 radical (unpaired) electrons. The average molecular weight is 325 g/mol. The molecule has 2 aliphatic heterocycles. The van der Waals surface area contributed by atoms with Gasteiger partial charge in [0.1, 0.15) is 5.82 Å². The van der Waals surface area contributed by atoms with Gasteiger partial charge < -0.3 is 14.5 Å². The summed E-state index contributed by atoms with van der Waals surface area (Å²) in [6.07, 6.45) is 3.04. The maximum absolute atomic E-state index is 12.3. The molecule has 3 aliphatic rings. The number of H-pyrrole nitrogens is 1. The molecule has 6 nitrogen and oxygen atoms in total. The molecule has 0 amide bonds. The molecule has 0 unspecified atom stereocenters. The van der Waals surface area contributed by atoms with Gasteiger partial charge in [0.25, 0.3) is 5.56 Å². The van der Waals surface area contributed by atoms with Crippen molar-refractivity contribution in [1.82, 2.24) is 14.9 Å². The van der Waals surface area contributed by atoms with E-state index in [0.717, 1.165) is 67.5 Å². The Morgan fingerprint density at radius 1 is 1.25 bits per heavy atom. The summed E-state index contributed by atoms with van der Waals surface area (Å²) in [7, 11) is 0. The van der Waals surface area contributed by atoms with Gasteiger partial charge in [-0.2, -0.15) is 0 Å². The van der Waals surface area contributed by atoms with Gasteiger partial charge in [-0.05, 0) is 37.0 Å². The van der Waals surface area contributed by atoms with E-state index in [4.69, 9.17) is 14.5 Å². The molecule has 0 spiro atoms. The second-order valence-corrected chi connectivity index (χ2v) is 6.80. The van der Waals surface area contributed by atoms with Gasteiger partial charge in [-0.15, -0.1) is 0 Å². The van der Waals surface area contributed by atoms with Gasteiger partial charge in [-0.25, -0.2) is 4.98 Å². The molecule has 24 heavy (non-hydrogen) atoms. The van der Waals surface area contributed by atoms with E-state index in [1.807, 2.05) is 12.1 Å². The summed E-state index contributed by atoms with van der Waals surface area (Å²) >= 11 is 0. The molecular formula is C18H19N3O3. The third-order valence-corrected chi connectivity index (χ3v) is 4.98. The first-order chi connectivity index (χ1) is 11.8. The van der Waals surface area contributed by atoms with Gasteiger partial charge >= 0.3 is 0 Å². The zero-order valence-electron chi connectivity index (χ0n) is 13.4. The Morgan fingerprint density at radius 3 is 3.00 bits per heavy atom. The van der Waals surface area contributed by atoms with E-state index in [9.17, 15) is 4.79 Å². The summed E-state index contributed by atoms with van der Waals surface area (Å²) in [5, 5.41) is 0. The molecule has 5 rings (SSSR count). The Hall–Kier alpha value is -2.34. The topological polar surface area (TPSA) is 67.5 Å². The van der Waals surface area contributed by atoms with Crippen LogP contribution < -0.4 is 15.0 Å². The van der Waals surface area contributed by atoms with Gasteiger partial charge in [0, 0.05) is 31.1 Å². The van der Waals surface area contributed by atoms with Gasteiger partial charge in [-0.1, -0.05) is 6.07 Å². The third-order valence-electron chi connectivity index (χ3n) is 4.98. The van der Waals surface area contributed by atoms with E-state index in [-0.39, 0.29) is 5.56 Å². The van der Waals surface area contributed by atoms with Crippen molar-refractivity contribution < 1.29 is 9.47 Å². The van der Waals surface area contributed by atoms with Crippen molar-refractivity contribution >= 4 is 0 Å². The van der Waals surface area contributed by atoms with Crippen LogP contribution in [0.25, 0.3) is 0 Å². The van der Waals surface area contributed by atoms with Crippen LogP contribution in [0, 0.1) is 0 Å². The molecule has 1 N–H and O–H groups in total. The smallest absolute Gasteiger partial charge is 0.254 e. The van der Waals surface area contributed by atoms with E-state index in [1.54, 1.807) is 0 Å². The van der Waals surface area contributed by atoms with Crippen molar-refractivity contribution in [3.63, 3.8) is 0 Å². The highest BCUT2D eigenvalue weighted by atomic mass is 16.7. The van der Waals surface area contributed by atoms with Crippen molar-refractivity contribution in [2.75, 3.05) is 13.3 Å². The normalized spacial score (nSPS) is 19.3. The Balaban J connectivity index is 1.37. The first-order valence-corrected chi connectivity index (χ1v) is 8.49. The van der Waals surface area contributed by atoms with Crippen molar-refractivity contribution in [2.24, 2.45) is 0 Å². The molecule has 124 valence electrons. The first kappa shape index (κ1) is 14.0. The second-order valence-electron chi connectivity index (χ2n) is 6.80. The van der Waals surface area contributed by atoms with Crippen LogP contribution in [0.4, 0.5) is 0 Å². The minimum Gasteiger partial charge on any atom is -0.454 e. The SMILES string of the molecule is O=c1[nH]c(C2CC2)nc2c1CCN(Cc1ccc3c(c1)OCO3)C2. The van der Waals surface area contributed by atoms with Crippen molar-refractivity contribution in [3.8, 4) is 11.5 Å². The Kier molecular flexibility index (Phi) is 3.13. The van der Waals surface area contributed by atoms with Crippen LogP contribution in [0.5, 0.6) is 11.5 Å². The summed E-state index contributed by atoms with van der Waals surface area (Å²) in [6.45, 7) is 2.72. The quantitative estimate of drug-likeness (QED) is 0.934. The van der Waals surface area contributed by atoms with E-state index in [2.05, 4.69) is 16.0 Å². The van der Waals surface area contributed by atoms with Gasteiger partial charge in [0.2, 0.25) is 6.79 Å². The van der Waals surface area contributed by atoms with Crippen LogP contribution in [0.1, 0.15) is 41.4 Å². The first-order valence-electron chi connectivity index (χ1n) is 8.49. The van der Waals surface area contributed by atoms with Gasteiger partial charge in [0.15, 0.2) is 11.5 Å². The highest BCUT2D eigenvalue weighted by molar-refractivity contribution is 5.44. The standard InChI is InChI=1S/C18H19N3O3/c22-18-13-5-6-21(9-14(13)19-17(20-18)12-2-3-12)8-11-1-4-15-16(7-11)24-10-23-15/h1,4,7,12H,2-3,5-6,8-10H2,(H,19,20,22). The number of hydrogen-bond acceptors (Lipinski definition) is 5. The number of rotatable bonds is 3. The van der Waals surface area contributed by atoms with Crippen molar-refractivity contribution in [2.45, 2.75) is 38.3 Å². The van der Waals surface area contributed by atoms with Crippen LogP contribution in [0.3, 0.4) is 0 Å². The predicted octanol–water partition coefficient (Wildman–Crippen LogP) is 1.93. The fourth-order valence-corrected chi connectivity index (χ4v) is 3.50. The lowest BCUT2D eigenvalue weighted by Crippen LogP contribution is -2.35. The molecule has 1 aromatic heterocycles. The highest BCUT2D eigenvalue weighted by Gasteiger charge is 2.29. The van der Waals surface area contributed by atoms with Crippen molar-refractivity contribution in [3.05, 3.63) is 51.2 Å². The number of ether oxygens (including phenoxy) is 2. The molecular weight excluding hydrogens is 306 g/mol. The molecule has 1 fully saturated rings. The van der Waals surface area contributed by atoms with E-state index >= 15 is 0 Å². The van der Waals surface area contributed by atoms with Crippen LogP contribution in [0.2, 0.25) is 0 Å². The maximum Gasteiger partial charge on any atom is 0.254 e. The number of nitrogens with one attached hydrogen (secondary N) is 1. The van der Waals surface area contributed by atoms with Crippen molar-refractivity contribution in [1.29, 1.82) is 0 Å². The van der Waals surface area contributed by atoms with E-state index < -0.39 is 0 Å². The Labute approximate surface area is 139 Å². The van der Waals surface area contributed by atoms with Crippen LogP contribution in [-0.2, 0) is 19.5 Å². The zero-order valence-corrected chi connectivity index (χ0v) is 13.4. The molecule has 0 atom stereocenters. The number of aromatic amines is 1. The number of nitrogens with zero attached hydrogens (tertiary/aromatic N) is 2. The fraction of sp³-hybridized carbons (Fsp3) is 0.444. The van der Waals surface area contributed by atoms with Crippen LogP contribution in [-0.4, -0.2) is 28.2 Å². The lowest BCUT2D eigenvalue weighted by molar-refractivity contribution is 0.174. The van der Waals surface area contributed by atoms with E-state index in [0.29, 0.717) is 12.7 Å². The molecule has 1 aliphatic carbocycles. The summed E-state index contributed by atoms with van der Waals surface area (Å²) in [6, 6.07) is 6.08. The fourth-order valence-electron chi connectivity index (χ4n) is 3.50. The lowest BCUT2D eigenvalue weighted by Gasteiger charge is -2.27. The molecule has 0 saturated heterocycles. The number of aromatic nitrogens is 2. The van der Waals surface area contributed by atoms with Gasteiger partial charge in [-0.3, -0.25) is 9.69 Å². The molecule has 2 aromatic rings. The average Bonchev–Trinajstić information content (AvgIpc) is 3.33. The van der Waals surface area contributed by atoms with E-state index in [1.165, 1.54) is 5.56 Å². The zero-order chi connectivity index (χ0) is 16.1. The summed E-state index contributed by atoms with van der Waals surface area (Å²) < 4.78 is 10.8. The number of fused-ring (bicyclic) bond motifs is 2. The molecule has 1 aromatic carbocycles. The van der Waals surface area contributed by atoms with Crippen LogP contribution in [0.15, 0.2) is 23.0 Å².